The van der Waals surface area contributed by atoms with Crippen molar-refractivity contribution >= 4 is 34.6 Å². The third-order valence-corrected chi connectivity index (χ3v) is 6.71. The minimum absolute atomic E-state index is 0.0159. The molecule has 0 aromatic heterocycles. The van der Waals surface area contributed by atoms with Crippen molar-refractivity contribution in [2.45, 2.75) is 43.6 Å². The molecule has 0 heterocycles. The van der Waals surface area contributed by atoms with Crippen molar-refractivity contribution in [2.24, 2.45) is 0 Å². The molecule has 6 heteroatoms. The summed E-state index contributed by atoms with van der Waals surface area (Å²) in [5.41, 5.74) is 4.77. The Morgan fingerprint density at radius 1 is 1.17 bits per heavy atom. The van der Waals surface area contributed by atoms with E-state index in [4.69, 9.17) is 4.74 Å². The van der Waals surface area contributed by atoms with Gasteiger partial charge in [0.1, 0.15) is 0 Å². The topological polar surface area (TPSA) is 55.4 Å². The summed E-state index contributed by atoms with van der Waals surface area (Å²) < 4.78 is 9.00. The Bertz CT molecular complexity index is 852. The summed E-state index contributed by atoms with van der Waals surface area (Å²) in [4.78, 5) is 24.1. The van der Waals surface area contributed by atoms with Gasteiger partial charge in [0.2, 0.25) is 0 Å². The Hall–Kier alpha value is -1.60. The van der Waals surface area contributed by atoms with Gasteiger partial charge in [0.05, 0.1) is 11.9 Å². The number of methoxy groups -OCH3 is 1. The highest BCUT2D eigenvalue weighted by molar-refractivity contribution is 8.14. The number of ether oxygens (including phenoxy) is 1. The summed E-state index contributed by atoms with van der Waals surface area (Å²) in [7, 11) is 1.79. The number of thioether (sulfide) groups is 1. The molecule has 0 radical (unpaired) electrons. The number of carbonyl (C=O) groups excluding carboxylic acids is 2. The Morgan fingerprint density at radius 2 is 1.97 bits per heavy atom. The second-order valence-corrected chi connectivity index (χ2v) is 9.24. The molecule has 4 nitrogen and oxygen atoms in total. The number of Topliss-reactive ketones (excluding diaryl/α,β-unsaturated/α-hetero) is 1. The highest BCUT2D eigenvalue weighted by atomic mass is 32.2. The highest BCUT2D eigenvalue weighted by Gasteiger charge is 2.19. The van der Waals surface area contributed by atoms with Crippen molar-refractivity contribution in [3.05, 3.63) is 64.7 Å². The maximum atomic E-state index is 12.0. The van der Waals surface area contributed by atoms with Crippen molar-refractivity contribution in [2.75, 3.05) is 19.4 Å². The summed E-state index contributed by atoms with van der Waals surface area (Å²) >= 11 is 2.62. The monoisotopic (exact) mass is 429 g/mol. The normalized spacial score (nSPS) is 15.7. The number of carbonyl (C=O) groups is 2. The maximum Gasteiger partial charge on any atom is 0.186 e. The van der Waals surface area contributed by atoms with Crippen LogP contribution in [0.25, 0.3) is 0 Å². The van der Waals surface area contributed by atoms with Crippen LogP contribution < -0.4 is 4.72 Å². The minimum atomic E-state index is -0.0350. The third kappa shape index (κ3) is 6.44. The molecule has 0 amide bonds. The van der Waals surface area contributed by atoms with E-state index >= 15 is 0 Å². The number of rotatable bonds is 9. The van der Waals surface area contributed by atoms with E-state index in [-0.39, 0.29) is 22.8 Å². The van der Waals surface area contributed by atoms with Crippen LogP contribution in [0, 0.1) is 0 Å². The van der Waals surface area contributed by atoms with Crippen LogP contribution in [0.1, 0.15) is 52.9 Å². The van der Waals surface area contributed by atoms with Crippen LogP contribution in [0.15, 0.2) is 47.4 Å². The fourth-order valence-corrected chi connectivity index (χ4v) is 4.66. The number of fused-ring (bicyclic) bond motifs is 1. The van der Waals surface area contributed by atoms with E-state index in [1.807, 2.05) is 24.3 Å². The van der Waals surface area contributed by atoms with Gasteiger partial charge in [0.25, 0.3) is 0 Å². The first kappa shape index (κ1) is 22.1. The van der Waals surface area contributed by atoms with E-state index < -0.39 is 0 Å². The summed E-state index contributed by atoms with van der Waals surface area (Å²) in [5.74, 6) is 0.184. The first-order valence-corrected chi connectivity index (χ1v) is 11.7. The number of hydrogen-bond acceptors (Lipinski definition) is 6. The summed E-state index contributed by atoms with van der Waals surface area (Å²) in [5, 5.41) is -0.0350. The quantitative estimate of drug-likeness (QED) is 0.343. The number of ketones is 1. The zero-order valence-corrected chi connectivity index (χ0v) is 18.5. The van der Waals surface area contributed by atoms with E-state index in [2.05, 4.69) is 22.9 Å². The van der Waals surface area contributed by atoms with Crippen molar-refractivity contribution in [1.82, 2.24) is 4.72 Å². The van der Waals surface area contributed by atoms with Gasteiger partial charge in [-0.3, -0.25) is 14.3 Å². The zero-order valence-electron chi connectivity index (χ0n) is 16.9. The average molecular weight is 430 g/mol. The number of aryl methyl sites for hydroxylation is 1. The zero-order chi connectivity index (χ0) is 20.6. The molecule has 0 saturated heterocycles. The molecule has 0 aliphatic heterocycles. The Morgan fingerprint density at radius 3 is 2.69 bits per heavy atom. The minimum Gasteiger partial charge on any atom is -0.377 e. The number of benzene rings is 2. The first-order chi connectivity index (χ1) is 14.1. The molecule has 2 aromatic carbocycles. The van der Waals surface area contributed by atoms with Crippen LogP contribution in [-0.4, -0.2) is 30.3 Å². The molecular weight excluding hydrogens is 402 g/mol. The maximum absolute atomic E-state index is 12.0. The average Bonchev–Trinajstić information content (AvgIpc) is 2.74. The van der Waals surface area contributed by atoms with E-state index in [1.165, 1.54) is 30.0 Å². The molecule has 3 rings (SSSR count). The molecule has 0 spiro atoms. The molecule has 29 heavy (non-hydrogen) atoms. The van der Waals surface area contributed by atoms with Crippen molar-refractivity contribution in [3.63, 3.8) is 0 Å². The molecule has 0 fully saturated rings. The predicted octanol–water partition coefficient (Wildman–Crippen LogP) is 5.01. The van der Waals surface area contributed by atoms with Gasteiger partial charge < -0.3 is 4.74 Å². The molecular formula is C23H27NO3S2. The van der Waals surface area contributed by atoms with Crippen molar-refractivity contribution in [1.29, 1.82) is 0 Å². The van der Waals surface area contributed by atoms with Gasteiger partial charge in [0, 0.05) is 31.0 Å². The van der Waals surface area contributed by atoms with Crippen molar-refractivity contribution in [3.8, 4) is 0 Å². The lowest BCUT2D eigenvalue weighted by atomic mass is 9.88. The van der Waals surface area contributed by atoms with Crippen LogP contribution in [0.5, 0.6) is 0 Å². The summed E-state index contributed by atoms with van der Waals surface area (Å²) in [6.45, 7) is 2.34. The molecule has 1 atom stereocenters. The second kappa shape index (κ2) is 11.0. The van der Waals surface area contributed by atoms with Crippen LogP contribution in [0.2, 0.25) is 0 Å². The number of nitrogens with one attached hydrogen (secondary N) is 1. The third-order valence-electron chi connectivity index (χ3n) is 5.04. The highest BCUT2D eigenvalue weighted by Crippen LogP contribution is 2.32. The van der Waals surface area contributed by atoms with Gasteiger partial charge in [-0.1, -0.05) is 42.1 Å². The van der Waals surface area contributed by atoms with E-state index in [1.54, 1.807) is 19.1 Å². The summed E-state index contributed by atoms with van der Waals surface area (Å²) in [6.07, 6.45) is 4.66. The van der Waals surface area contributed by atoms with Crippen molar-refractivity contribution < 1.29 is 14.3 Å². The van der Waals surface area contributed by atoms with E-state index in [0.29, 0.717) is 5.56 Å². The van der Waals surface area contributed by atoms with Crippen LogP contribution >= 0.6 is 23.7 Å². The van der Waals surface area contributed by atoms with E-state index in [9.17, 15) is 9.59 Å². The molecule has 1 N–H and O–H groups in total. The Kier molecular flexibility index (Phi) is 8.36. The number of hydrogen-bond donors (Lipinski definition) is 1. The molecule has 1 unspecified atom stereocenters. The first-order valence-electron chi connectivity index (χ1n) is 9.87. The van der Waals surface area contributed by atoms with Crippen LogP contribution in [0.3, 0.4) is 0 Å². The van der Waals surface area contributed by atoms with E-state index in [0.717, 1.165) is 42.5 Å². The standard InChI is InChI=1S/C23H27NO3S2/c1-16(25)28-15-22(26)18-7-9-20(10-8-18)29-24-13-12-17-6-11-21-19(14-17)4-3-5-23(21)27-2/h6-11,14,23-24H,3-5,12-13,15H2,1-2H3. The lowest BCUT2D eigenvalue weighted by molar-refractivity contribution is -0.109. The van der Waals surface area contributed by atoms with Gasteiger partial charge >= 0.3 is 0 Å². The van der Waals surface area contributed by atoms with Gasteiger partial charge in [-0.05, 0) is 66.5 Å². The smallest absolute Gasteiger partial charge is 0.186 e. The largest absolute Gasteiger partial charge is 0.377 e. The van der Waals surface area contributed by atoms with Gasteiger partial charge in [-0.15, -0.1) is 0 Å². The molecule has 0 saturated carbocycles. The fourth-order valence-electron chi connectivity index (χ4n) is 3.51. The summed E-state index contributed by atoms with van der Waals surface area (Å²) in [6, 6.07) is 14.3. The lowest BCUT2D eigenvalue weighted by Gasteiger charge is -2.24. The second-order valence-electron chi connectivity index (χ2n) is 7.12. The van der Waals surface area contributed by atoms with Gasteiger partial charge in [0.15, 0.2) is 10.9 Å². The van der Waals surface area contributed by atoms with Crippen LogP contribution in [-0.2, 0) is 22.4 Å². The molecule has 2 aromatic rings. The van der Waals surface area contributed by atoms with Crippen LogP contribution in [0.4, 0.5) is 0 Å². The molecule has 1 aliphatic rings. The van der Waals surface area contributed by atoms with Gasteiger partial charge in [-0.2, -0.15) is 0 Å². The predicted molar refractivity (Wildman–Crippen MR) is 121 cm³/mol. The Labute approximate surface area is 181 Å². The molecule has 0 bridgehead atoms. The SMILES string of the molecule is COC1CCCc2cc(CCNSc3ccc(C(=O)CSC(C)=O)cc3)ccc21. The molecule has 154 valence electrons. The lowest BCUT2D eigenvalue weighted by Crippen LogP contribution is -2.13. The molecule has 1 aliphatic carbocycles. The van der Waals surface area contributed by atoms with Gasteiger partial charge in [-0.25, -0.2) is 0 Å². The fraction of sp³-hybridized carbons (Fsp3) is 0.391. The Balaban J connectivity index is 1.45.